The fourth-order valence-electron chi connectivity index (χ4n) is 3.31. The zero-order chi connectivity index (χ0) is 21.5. The van der Waals surface area contributed by atoms with Crippen molar-refractivity contribution in [2.45, 2.75) is 19.4 Å². The molecule has 1 aliphatic heterocycles. The van der Waals surface area contributed by atoms with Crippen molar-refractivity contribution in [3.05, 3.63) is 78.6 Å². The van der Waals surface area contributed by atoms with Gasteiger partial charge in [-0.2, -0.15) is 0 Å². The predicted octanol–water partition coefficient (Wildman–Crippen LogP) is 3.80. The van der Waals surface area contributed by atoms with Gasteiger partial charge in [0.2, 0.25) is 11.8 Å². The number of carbonyl (C=O) groups is 2. The van der Waals surface area contributed by atoms with Crippen molar-refractivity contribution in [2.75, 3.05) is 23.4 Å². The van der Waals surface area contributed by atoms with Crippen LogP contribution in [0, 0.1) is 0 Å². The summed E-state index contributed by atoms with van der Waals surface area (Å²) in [5, 5.41) is 2.83. The van der Waals surface area contributed by atoms with Crippen LogP contribution in [0.25, 0.3) is 0 Å². The Morgan fingerprint density at radius 3 is 2.77 bits per heavy atom. The van der Waals surface area contributed by atoms with Crippen LogP contribution < -0.4 is 19.7 Å². The van der Waals surface area contributed by atoms with Crippen molar-refractivity contribution in [1.82, 2.24) is 4.98 Å². The fraction of sp³-hybridized carbons (Fsp3) is 0.208. The highest BCUT2D eigenvalue weighted by Gasteiger charge is 2.23. The summed E-state index contributed by atoms with van der Waals surface area (Å²) in [6, 6.07) is 20.2. The molecule has 0 bridgehead atoms. The summed E-state index contributed by atoms with van der Waals surface area (Å²) in [4.78, 5) is 30.9. The number of fused-ring (bicyclic) bond motifs is 1. The molecule has 3 aromatic rings. The Hall–Kier alpha value is -3.87. The molecule has 2 amide bonds. The molecule has 7 nitrogen and oxygen atoms in total. The number of carbonyl (C=O) groups excluding carboxylic acids is 2. The molecule has 0 saturated carbocycles. The molecule has 0 saturated heterocycles. The molecule has 31 heavy (non-hydrogen) atoms. The lowest BCUT2D eigenvalue weighted by Crippen LogP contribution is -2.38. The van der Waals surface area contributed by atoms with Gasteiger partial charge >= 0.3 is 0 Å². The van der Waals surface area contributed by atoms with Crippen LogP contribution in [0.2, 0.25) is 0 Å². The fourth-order valence-corrected chi connectivity index (χ4v) is 3.31. The van der Waals surface area contributed by atoms with E-state index in [1.165, 1.54) is 0 Å². The van der Waals surface area contributed by atoms with E-state index in [0.717, 1.165) is 11.4 Å². The maximum Gasteiger partial charge on any atom is 0.227 e. The number of anilines is 2. The maximum atomic E-state index is 12.7. The number of benzene rings is 2. The van der Waals surface area contributed by atoms with Gasteiger partial charge in [0.05, 0.1) is 17.9 Å². The van der Waals surface area contributed by atoms with Crippen LogP contribution in [0.1, 0.15) is 18.5 Å². The molecule has 2 heterocycles. The number of ether oxygens (including phenoxy) is 2. The number of nitrogens with one attached hydrogen (secondary N) is 1. The summed E-state index contributed by atoms with van der Waals surface area (Å²) in [7, 11) is 0. The third kappa shape index (κ3) is 5.39. The van der Waals surface area contributed by atoms with Crippen LogP contribution in [0.15, 0.2) is 72.9 Å². The molecule has 1 aliphatic rings. The number of rotatable bonds is 7. The van der Waals surface area contributed by atoms with Crippen molar-refractivity contribution in [1.29, 1.82) is 0 Å². The highest BCUT2D eigenvalue weighted by atomic mass is 16.5. The average molecular weight is 417 g/mol. The number of aromatic nitrogens is 1. The largest absolute Gasteiger partial charge is 0.490 e. The molecule has 158 valence electrons. The SMILES string of the molecule is O=C(CCC(=O)N1CCOc2ccccc21)Nc1cccc(OCc2ccccn2)c1. The molecule has 0 radical (unpaired) electrons. The summed E-state index contributed by atoms with van der Waals surface area (Å²) in [6.45, 7) is 1.27. The molecule has 1 aromatic heterocycles. The van der Waals surface area contributed by atoms with Gasteiger partial charge in [-0.15, -0.1) is 0 Å². The van der Waals surface area contributed by atoms with Crippen LogP contribution in [-0.2, 0) is 16.2 Å². The molecule has 0 spiro atoms. The van der Waals surface area contributed by atoms with Crippen LogP contribution in [0.5, 0.6) is 11.5 Å². The lowest BCUT2D eigenvalue weighted by molar-refractivity contribution is -0.122. The zero-order valence-electron chi connectivity index (χ0n) is 17.0. The second-order valence-corrected chi connectivity index (χ2v) is 7.05. The minimum Gasteiger partial charge on any atom is -0.490 e. The second-order valence-electron chi connectivity index (χ2n) is 7.05. The summed E-state index contributed by atoms with van der Waals surface area (Å²) in [5.74, 6) is 0.994. The Bertz CT molecular complexity index is 1060. The second kappa shape index (κ2) is 9.75. The lowest BCUT2D eigenvalue weighted by atomic mass is 10.2. The minimum atomic E-state index is -0.225. The highest BCUT2D eigenvalue weighted by Crippen LogP contribution is 2.31. The molecule has 1 N–H and O–H groups in total. The molecule has 0 aliphatic carbocycles. The van der Waals surface area contributed by atoms with Crippen molar-refractivity contribution < 1.29 is 19.1 Å². The Labute approximate surface area is 180 Å². The highest BCUT2D eigenvalue weighted by molar-refractivity contribution is 5.99. The molecule has 0 fully saturated rings. The first-order chi connectivity index (χ1) is 15.2. The first-order valence-electron chi connectivity index (χ1n) is 10.1. The van der Waals surface area contributed by atoms with E-state index in [9.17, 15) is 9.59 Å². The van der Waals surface area contributed by atoms with E-state index in [1.54, 1.807) is 29.3 Å². The normalized spacial score (nSPS) is 12.5. The lowest BCUT2D eigenvalue weighted by Gasteiger charge is -2.29. The standard InChI is InChI=1S/C24H23N3O4/c28-23(11-12-24(29)27-14-15-30-22-10-2-1-9-21(22)27)26-18-7-5-8-20(16-18)31-17-19-6-3-4-13-25-19/h1-10,13,16H,11-12,14-15,17H2,(H,26,28). The van der Waals surface area contributed by atoms with Crippen molar-refractivity contribution in [3.8, 4) is 11.5 Å². The van der Waals surface area contributed by atoms with Gasteiger partial charge in [0.1, 0.15) is 24.7 Å². The van der Waals surface area contributed by atoms with Crippen molar-refractivity contribution in [3.63, 3.8) is 0 Å². The molecule has 4 rings (SSSR count). The van der Waals surface area contributed by atoms with E-state index >= 15 is 0 Å². The maximum absolute atomic E-state index is 12.7. The van der Waals surface area contributed by atoms with Gasteiger partial charge in [0, 0.05) is 30.8 Å². The number of amides is 2. The Balaban J connectivity index is 1.29. The first kappa shape index (κ1) is 20.4. The van der Waals surface area contributed by atoms with Crippen LogP contribution >= 0.6 is 0 Å². The Morgan fingerprint density at radius 1 is 1.03 bits per heavy atom. The van der Waals surface area contributed by atoms with Gasteiger partial charge in [-0.25, -0.2) is 0 Å². The summed E-state index contributed by atoms with van der Waals surface area (Å²) in [6.07, 6.45) is 1.93. The van der Waals surface area contributed by atoms with E-state index < -0.39 is 0 Å². The minimum absolute atomic E-state index is 0.0946. The molecule has 0 unspecified atom stereocenters. The number of para-hydroxylation sites is 2. The summed E-state index contributed by atoms with van der Waals surface area (Å²) >= 11 is 0. The van der Waals surface area contributed by atoms with E-state index in [1.807, 2.05) is 48.5 Å². The van der Waals surface area contributed by atoms with Crippen LogP contribution in [0.4, 0.5) is 11.4 Å². The van der Waals surface area contributed by atoms with Gasteiger partial charge < -0.3 is 19.7 Å². The third-order valence-electron chi connectivity index (χ3n) is 4.83. The number of nitrogens with zero attached hydrogens (tertiary/aromatic N) is 2. The first-order valence-corrected chi connectivity index (χ1v) is 10.1. The number of hydrogen-bond acceptors (Lipinski definition) is 5. The quantitative estimate of drug-likeness (QED) is 0.632. The van der Waals surface area contributed by atoms with Crippen molar-refractivity contribution >= 4 is 23.2 Å². The van der Waals surface area contributed by atoms with E-state index in [4.69, 9.17) is 9.47 Å². The molecule has 0 atom stereocenters. The molecular formula is C24H23N3O4. The predicted molar refractivity (Wildman–Crippen MR) is 117 cm³/mol. The third-order valence-corrected chi connectivity index (χ3v) is 4.83. The van der Waals surface area contributed by atoms with Crippen LogP contribution in [0.3, 0.4) is 0 Å². The average Bonchev–Trinajstić information content (AvgIpc) is 2.82. The Kier molecular flexibility index (Phi) is 6.42. The Morgan fingerprint density at radius 2 is 1.90 bits per heavy atom. The molecule has 7 heteroatoms. The summed E-state index contributed by atoms with van der Waals surface area (Å²) in [5.41, 5.74) is 2.18. The van der Waals surface area contributed by atoms with Crippen molar-refractivity contribution in [2.24, 2.45) is 0 Å². The topological polar surface area (TPSA) is 80.8 Å². The van der Waals surface area contributed by atoms with Gasteiger partial charge in [-0.3, -0.25) is 14.6 Å². The van der Waals surface area contributed by atoms with E-state index in [0.29, 0.717) is 36.9 Å². The van der Waals surface area contributed by atoms with Gasteiger partial charge in [-0.05, 0) is 36.4 Å². The van der Waals surface area contributed by atoms with E-state index in [-0.39, 0.29) is 24.7 Å². The monoisotopic (exact) mass is 417 g/mol. The molecular weight excluding hydrogens is 394 g/mol. The van der Waals surface area contributed by atoms with Gasteiger partial charge in [0.15, 0.2) is 0 Å². The number of hydrogen-bond donors (Lipinski definition) is 1. The van der Waals surface area contributed by atoms with Crippen LogP contribution in [-0.4, -0.2) is 29.9 Å². The smallest absolute Gasteiger partial charge is 0.227 e. The number of pyridine rings is 1. The summed E-state index contributed by atoms with van der Waals surface area (Å²) < 4.78 is 11.3. The van der Waals surface area contributed by atoms with E-state index in [2.05, 4.69) is 10.3 Å². The zero-order valence-corrected chi connectivity index (χ0v) is 17.0. The molecule has 2 aromatic carbocycles. The van der Waals surface area contributed by atoms with Gasteiger partial charge in [-0.1, -0.05) is 24.3 Å². The van der Waals surface area contributed by atoms with Gasteiger partial charge in [0.25, 0.3) is 0 Å².